The molecule has 1 saturated heterocycles. The molecule has 0 bridgehead atoms. The van der Waals surface area contributed by atoms with Gasteiger partial charge >= 0.3 is 12.1 Å². The van der Waals surface area contributed by atoms with E-state index >= 15 is 0 Å². The van der Waals surface area contributed by atoms with Gasteiger partial charge in [-0.2, -0.15) is 22.0 Å². The Labute approximate surface area is 101 Å². The van der Waals surface area contributed by atoms with Gasteiger partial charge in [-0.05, 0) is 32.4 Å². The monoisotopic (exact) mass is 274 g/mol. The lowest BCUT2D eigenvalue weighted by Gasteiger charge is -2.30. The minimum absolute atomic E-state index is 0.0864. The molecule has 1 N–H and O–H groups in total. The molecule has 1 amide bonds. The maximum absolute atomic E-state index is 12.6. The van der Waals surface area contributed by atoms with Crippen molar-refractivity contribution in [2.75, 3.05) is 26.7 Å². The van der Waals surface area contributed by atoms with Crippen molar-refractivity contribution in [3.63, 3.8) is 0 Å². The Kier molecular flexibility index (Phi) is 4.52. The first-order chi connectivity index (χ1) is 8.14. The highest BCUT2D eigenvalue weighted by Gasteiger charge is 2.63. The summed E-state index contributed by atoms with van der Waals surface area (Å²) in [4.78, 5) is 12.8. The number of hydrogen-bond acceptors (Lipinski definition) is 2. The van der Waals surface area contributed by atoms with E-state index in [0.717, 1.165) is 13.0 Å². The number of piperidine rings is 1. The van der Waals surface area contributed by atoms with E-state index in [1.807, 2.05) is 11.9 Å². The van der Waals surface area contributed by atoms with Crippen molar-refractivity contribution in [2.24, 2.45) is 5.92 Å². The molecule has 1 fully saturated rings. The molecule has 0 aromatic heterocycles. The van der Waals surface area contributed by atoms with Crippen LogP contribution in [0, 0.1) is 5.92 Å². The fraction of sp³-hybridized carbons (Fsp3) is 0.900. The van der Waals surface area contributed by atoms with Gasteiger partial charge in [0.15, 0.2) is 0 Å². The third kappa shape index (κ3) is 3.54. The average Bonchev–Trinajstić information content (AvgIpc) is 2.24. The van der Waals surface area contributed by atoms with Crippen LogP contribution in [-0.4, -0.2) is 49.6 Å². The zero-order valence-corrected chi connectivity index (χ0v) is 9.86. The minimum Gasteiger partial charge on any atom is -0.350 e. The number of amides is 1. The van der Waals surface area contributed by atoms with E-state index in [1.165, 1.54) is 0 Å². The zero-order chi connectivity index (χ0) is 14.0. The fourth-order valence-corrected chi connectivity index (χ4v) is 1.92. The van der Waals surface area contributed by atoms with Crippen LogP contribution in [-0.2, 0) is 4.79 Å². The summed E-state index contributed by atoms with van der Waals surface area (Å²) >= 11 is 0. The normalized spacial score (nSPS) is 22.9. The number of carbonyl (C=O) groups excluding carboxylic acids is 1. The van der Waals surface area contributed by atoms with Crippen LogP contribution in [0.5, 0.6) is 0 Å². The standard InChI is InChI=1S/C10H15F5N2O/c1-17-4-2-3-7(6-17)5-16-8(18)9(11,12)10(13,14)15/h7H,2-6H2,1H3,(H,16,18). The van der Waals surface area contributed by atoms with E-state index in [4.69, 9.17) is 0 Å². The summed E-state index contributed by atoms with van der Waals surface area (Å²) in [5.74, 6) is -7.69. The lowest BCUT2D eigenvalue weighted by Crippen LogP contribution is -2.52. The molecular formula is C10H15F5N2O. The highest BCUT2D eigenvalue weighted by atomic mass is 19.4. The van der Waals surface area contributed by atoms with Crippen molar-refractivity contribution < 1.29 is 26.7 Å². The Hall–Kier alpha value is -0.920. The number of nitrogens with one attached hydrogen (secondary N) is 1. The first-order valence-corrected chi connectivity index (χ1v) is 5.56. The SMILES string of the molecule is CN1CCCC(CNC(=O)C(F)(F)C(F)(F)F)C1. The molecule has 3 nitrogen and oxygen atoms in total. The molecule has 1 rings (SSSR count). The maximum atomic E-state index is 12.6. The summed E-state index contributed by atoms with van der Waals surface area (Å²) in [7, 11) is 1.83. The van der Waals surface area contributed by atoms with Gasteiger partial charge in [0.2, 0.25) is 0 Å². The van der Waals surface area contributed by atoms with Gasteiger partial charge in [-0.15, -0.1) is 0 Å². The van der Waals surface area contributed by atoms with Crippen LogP contribution in [0.15, 0.2) is 0 Å². The van der Waals surface area contributed by atoms with Gasteiger partial charge in [-0.1, -0.05) is 0 Å². The topological polar surface area (TPSA) is 32.3 Å². The highest BCUT2D eigenvalue weighted by Crippen LogP contribution is 2.35. The summed E-state index contributed by atoms with van der Waals surface area (Å²) in [6, 6.07) is 0. The molecule has 0 aliphatic carbocycles. The Morgan fingerprint density at radius 2 is 1.94 bits per heavy atom. The first kappa shape index (κ1) is 15.1. The van der Waals surface area contributed by atoms with Crippen molar-refractivity contribution in [3.05, 3.63) is 0 Å². The second kappa shape index (κ2) is 5.38. The van der Waals surface area contributed by atoms with Gasteiger partial charge < -0.3 is 10.2 Å². The molecule has 0 radical (unpaired) electrons. The molecule has 0 aromatic rings. The summed E-state index contributed by atoms with van der Waals surface area (Å²) in [5, 5.41) is 1.68. The van der Waals surface area contributed by atoms with Crippen LogP contribution in [0.4, 0.5) is 22.0 Å². The molecule has 0 aromatic carbocycles. The van der Waals surface area contributed by atoms with Crippen molar-refractivity contribution in [2.45, 2.75) is 24.9 Å². The number of rotatable bonds is 3. The van der Waals surface area contributed by atoms with Crippen LogP contribution in [0.1, 0.15) is 12.8 Å². The molecule has 0 spiro atoms. The van der Waals surface area contributed by atoms with Gasteiger partial charge in [-0.3, -0.25) is 4.79 Å². The molecule has 18 heavy (non-hydrogen) atoms. The Bertz CT molecular complexity index is 305. The van der Waals surface area contributed by atoms with Crippen molar-refractivity contribution in [1.29, 1.82) is 0 Å². The van der Waals surface area contributed by atoms with Crippen LogP contribution in [0.3, 0.4) is 0 Å². The van der Waals surface area contributed by atoms with Crippen LogP contribution in [0.2, 0.25) is 0 Å². The van der Waals surface area contributed by atoms with Crippen LogP contribution in [0.25, 0.3) is 0 Å². The minimum atomic E-state index is -5.85. The summed E-state index contributed by atoms with van der Waals surface area (Å²) in [6.07, 6.45) is -4.30. The predicted molar refractivity (Wildman–Crippen MR) is 54.2 cm³/mol. The number of hydrogen-bond donors (Lipinski definition) is 1. The summed E-state index contributed by atoms with van der Waals surface area (Å²) in [6.45, 7) is 1.29. The largest absolute Gasteiger partial charge is 0.463 e. The molecule has 8 heteroatoms. The molecule has 106 valence electrons. The van der Waals surface area contributed by atoms with E-state index in [2.05, 4.69) is 0 Å². The van der Waals surface area contributed by atoms with Gasteiger partial charge in [0.05, 0.1) is 0 Å². The second-order valence-corrected chi connectivity index (χ2v) is 4.55. The molecule has 0 saturated carbocycles. The average molecular weight is 274 g/mol. The van der Waals surface area contributed by atoms with Crippen molar-refractivity contribution in [3.8, 4) is 0 Å². The maximum Gasteiger partial charge on any atom is 0.463 e. The number of nitrogens with zero attached hydrogens (tertiary/aromatic N) is 1. The van der Waals surface area contributed by atoms with Crippen molar-refractivity contribution in [1.82, 2.24) is 10.2 Å². The van der Waals surface area contributed by atoms with E-state index in [9.17, 15) is 26.7 Å². The van der Waals surface area contributed by atoms with Crippen LogP contribution < -0.4 is 5.32 Å². The molecule has 1 aliphatic rings. The fourth-order valence-electron chi connectivity index (χ4n) is 1.92. The van der Waals surface area contributed by atoms with E-state index < -0.39 is 18.0 Å². The molecular weight excluding hydrogens is 259 g/mol. The Morgan fingerprint density at radius 1 is 1.33 bits per heavy atom. The molecule has 1 heterocycles. The Morgan fingerprint density at radius 3 is 2.44 bits per heavy atom. The lowest BCUT2D eigenvalue weighted by molar-refractivity contribution is -0.269. The van der Waals surface area contributed by atoms with E-state index in [1.54, 1.807) is 5.32 Å². The van der Waals surface area contributed by atoms with E-state index in [-0.39, 0.29) is 12.5 Å². The Balaban J connectivity index is 2.46. The summed E-state index contributed by atoms with van der Waals surface area (Å²) < 4.78 is 60.9. The third-order valence-corrected chi connectivity index (χ3v) is 2.91. The molecule has 1 aliphatic heterocycles. The van der Waals surface area contributed by atoms with Gasteiger partial charge in [0, 0.05) is 13.1 Å². The number of carbonyl (C=O) groups is 1. The van der Waals surface area contributed by atoms with Crippen molar-refractivity contribution >= 4 is 5.91 Å². The van der Waals surface area contributed by atoms with Gasteiger partial charge in [0.1, 0.15) is 0 Å². The van der Waals surface area contributed by atoms with Gasteiger partial charge in [-0.25, -0.2) is 0 Å². The quantitative estimate of drug-likeness (QED) is 0.794. The number of likely N-dealkylation sites (tertiary alicyclic amines) is 1. The number of halogens is 5. The molecule has 1 atom stereocenters. The second-order valence-electron chi connectivity index (χ2n) is 4.55. The lowest BCUT2D eigenvalue weighted by atomic mass is 9.98. The smallest absolute Gasteiger partial charge is 0.350 e. The van der Waals surface area contributed by atoms with Crippen LogP contribution >= 0.6 is 0 Å². The summed E-state index contributed by atoms with van der Waals surface area (Å²) in [5.41, 5.74) is 0. The predicted octanol–water partition coefficient (Wildman–Crippen LogP) is 1.64. The first-order valence-electron chi connectivity index (χ1n) is 5.56. The zero-order valence-electron chi connectivity index (χ0n) is 9.86. The molecule has 1 unspecified atom stereocenters. The third-order valence-electron chi connectivity index (χ3n) is 2.91. The van der Waals surface area contributed by atoms with Gasteiger partial charge in [0.25, 0.3) is 5.91 Å². The van der Waals surface area contributed by atoms with E-state index in [0.29, 0.717) is 13.0 Å². The highest BCUT2D eigenvalue weighted by molar-refractivity contribution is 5.84. The number of alkyl halides is 5.